The van der Waals surface area contributed by atoms with E-state index >= 15 is 0 Å². The lowest BCUT2D eigenvalue weighted by molar-refractivity contribution is -0.0247. The van der Waals surface area contributed by atoms with Gasteiger partial charge in [-0.25, -0.2) is 0 Å². The lowest BCUT2D eigenvalue weighted by Crippen LogP contribution is -2.49. The highest BCUT2D eigenvalue weighted by molar-refractivity contribution is 5.89. The van der Waals surface area contributed by atoms with E-state index < -0.39 is 0 Å². The van der Waals surface area contributed by atoms with E-state index in [0.717, 1.165) is 25.2 Å². The number of hydrogen-bond donors (Lipinski definition) is 1. The molecule has 0 spiro atoms. The summed E-state index contributed by atoms with van der Waals surface area (Å²) in [5.74, 6) is 1.95. The highest BCUT2D eigenvalue weighted by atomic mass is 16.5. The predicted molar refractivity (Wildman–Crippen MR) is 73.3 cm³/mol. The second-order valence-electron chi connectivity index (χ2n) is 5.75. The molecule has 1 fully saturated rings. The van der Waals surface area contributed by atoms with Crippen molar-refractivity contribution < 1.29 is 4.74 Å². The molecule has 0 aromatic carbocycles. The first-order valence-corrected chi connectivity index (χ1v) is 6.94. The van der Waals surface area contributed by atoms with Crippen LogP contribution in [0.5, 0.6) is 0 Å². The van der Waals surface area contributed by atoms with Crippen LogP contribution in [0.1, 0.15) is 53.4 Å². The lowest BCUT2D eigenvalue weighted by Gasteiger charge is -2.39. The predicted octanol–water partition coefficient (Wildman–Crippen LogP) is 2.99. The standard InChI is InChI=1S/C14H28N2O/c1-5-17-14(8-6-7-12(4)9-14)13(15)16-10-11(2)3/h11-12H,5-10H2,1-4H3,(H2,15,16). The number of nitrogens with zero attached hydrogens (tertiary/aromatic N) is 1. The summed E-state index contributed by atoms with van der Waals surface area (Å²) in [5, 5.41) is 0. The molecule has 0 bridgehead atoms. The summed E-state index contributed by atoms with van der Waals surface area (Å²) in [6, 6.07) is 0. The molecule has 3 heteroatoms. The van der Waals surface area contributed by atoms with Gasteiger partial charge < -0.3 is 10.5 Å². The Labute approximate surface area is 106 Å². The van der Waals surface area contributed by atoms with Gasteiger partial charge in [0.2, 0.25) is 0 Å². The fourth-order valence-electron chi connectivity index (χ4n) is 2.64. The van der Waals surface area contributed by atoms with Crippen molar-refractivity contribution in [1.82, 2.24) is 0 Å². The molecule has 0 radical (unpaired) electrons. The number of rotatable bonds is 5. The first kappa shape index (κ1) is 14.5. The third-order valence-corrected chi connectivity index (χ3v) is 3.47. The topological polar surface area (TPSA) is 47.6 Å². The van der Waals surface area contributed by atoms with Crippen molar-refractivity contribution in [3.63, 3.8) is 0 Å². The van der Waals surface area contributed by atoms with E-state index in [4.69, 9.17) is 10.5 Å². The highest BCUT2D eigenvalue weighted by Crippen LogP contribution is 2.35. The van der Waals surface area contributed by atoms with E-state index in [0.29, 0.717) is 18.4 Å². The van der Waals surface area contributed by atoms with E-state index in [-0.39, 0.29) is 5.60 Å². The second kappa shape index (κ2) is 6.39. The van der Waals surface area contributed by atoms with Crippen LogP contribution in [0.25, 0.3) is 0 Å². The van der Waals surface area contributed by atoms with Crippen molar-refractivity contribution in [2.45, 2.75) is 59.0 Å². The SMILES string of the molecule is CCOC1(C(N)=NCC(C)C)CCCC(C)C1. The largest absolute Gasteiger partial charge is 0.385 e. The summed E-state index contributed by atoms with van der Waals surface area (Å²) in [6.45, 7) is 10.2. The Kier molecular flexibility index (Phi) is 5.44. The van der Waals surface area contributed by atoms with Gasteiger partial charge in [-0.15, -0.1) is 0 Å². The fraction of sp³-hybridized carbons (Fsp3) is 0.929. The van der Waals surface area contributed by atoms with Gasteiger partial charge in [0.15, 0.2) is 0 Å². The normalized spacial score (nSPS) is 30.9. The quantitative estimate of drug-likeness (QED) is 0.593. The van der Waals surface area contributed by atoms with Crippen LogP contribution in [0.15, 0.2) is 4.99 Å². The Morgan fingerprint density at radius 1 is 1.53 bits per heavy atom. The van der Waals surface area contributed by atoms with Crippen molar-refractivity contribution in [3.05, 3.63) is 0 Å². The van der Waals surface area contributed by atoms with Crippen LogP contribution < -0.4 is 5.73 Å². The molecule has 1 rings (SSSR count). The molecule has 1 aliphatic rings. The zero-order chi connectivity index (χ0) is 12.9. The van der Waals surface area contributed by atoms with Crippen LogP contribution in [-0.4, -0.2) is 24.6 Å². The molecule has 100 valence electrons. The molecule has 2 N–H and O–H groups in total. The summed E-state index contributed by atoms with van der Waals surface area (Å²) < 4.78 is 5.98. The molecular weight excluding hydrogens is 212 g/mol. The molecule has 0 saturated heterocycles. The zero-order valence-electron chi connectivity index (χ0n) is 11.8. The van der Waals surface area contributed by atoms with Crippen molar-refractivity contribution in [2.24, 2.45) is 22.6 Å². The van der Waals surface area contributed by atoms with Crippen molar-refractivity contribution in [1.29, 1.82) is 0 Å². The maximum atomic E-state index is 6.20. The van der Waals surface area contributed by atoms with Crippen LogP contribution >= 0.6 is 0 Å². The monoisotopic (exact) mass is 240 g/mol. The third-order valence-electron chi connectivity index (χ3n) is 3.47. The Hall–Kier alpha value is -0.570. The van der Waals surface area contributed by atoms with E-state index in [2.05, 4.69) is 25.8 Å². The van der Waals surface area contributed by atoms with E-state index in [1.807, 2.05) is 6.92 Å². The first-order chi connectivity index (χ1) is 8.00. The molecule has 1 saturated carbocycles. The number of nitrogens with two attached hydrogens (primary N) is 1. The van der Waals surface area contributed by atoms with Crippen LogP contribution in [0.3, 0.4) is 0 Å². The van der Waals surface area contributed by atoms with E-state index in [9.17, 15) is 0 Å². The highest BCUT2D eigenvalue weighted by Gasteiger charge is 2.39. The maximum absolute atomic E-state index is 6.20. The molecule has 2 unspecified atom stereocenters. The smallest absolute Gasteiger partial charge is 0.126 e. The number of aliphatic imine (C=N–C) groups is 1. The van der Waals surface area contributed by atoms with Gasteiger partial charge >= 0.3 is 0 Å². The molecule has 0 aliphatic heterocycles. The summed E-state index contributed by atoms with van der Waals surface area (Å²) in [6.07, 6.45) is 4.53. The maximum Gasteiger partial charge on any atom is 0.126 e. The van der Waals surface area contributed by atoms with Gasteiger partial charge in [0.05, 0.1) is 0 Å². The molecule has 3 nitrogen and oxygen atoms in total. The Bertz CT molecular complexity index is 259. The fourth-order valence-corrected chi connectivity index (χ4v) is 2.64. The van der Waals surface area contributed by atoms with Gasteiger partial charge in [0, 0.05) is 13.2 Å². The van der Waals surface area contributed by atoms with Crippen molar-refractivity contribution in [3.8, 4) is 0 Å². The molecule has 0 aromatic heterocycles. The molecule has 0 heterocycles. The van der Waals surface area contributed by atoms with Crippen LogP contribution in [0.4, 0.5) is 0 Å². The van der Waals surface area contributed by atoms with Gasteiger partial charge in [-0.05, 0) is 38.0 Å². The third kappa shape index (κ3) is 3.98. The summed E-state index contributed by atoms with van der Waals surface area (Å²) in [5.41, 5.74) is 5.93. The minimum Gasteiger partial charge on any atom is -0.385 e. The molecule has 0 amide bonds. The van der Waals surface area contributed by atoms with Crippen molar-refractivity contribution in [2.75, 3.05) is 13.2 Å². The average Bonchev–Trinajstić information content (AvgIpc) is 2.26. The average molecular weight is 240 g/mol. The van der Waals surface area contributed by atoms with Crippen LogP contribution in [-0.2, 0) is 4.74 Å². The summed E-state index contributed by atoms with van der Waals surface area (Å²) in [7, 11) is 0. The lowest BCUT2D eigenvalue weighted by atomic mass is 9.78. The van der Waals surface area contributed by atoms with E-state index in [1.165, 1.54) is 12.8 Å². The van der Waals surface area contributed by atoms with E-state index in [1.54, 1.807) is 0 Å². The molecule has 0 aromatic rings. The van der Waals surface area contributed by atoms with Crippen molar-refractivity contribution >= 4 is 5.84 Å². The second-order valence-corrected chi connectivity index (χ2v) is 5.75. The van der Waals surface area contributed by atoms with Gasteiger partial charge in [-0.1, -0.05) is 27.2 Å². The molecule has 17 heavy (non-hydrogen) atoms. The van der Waals surface area contributed by atoms with Gasteiger partial charge in [0.25, 0.3) is 0 Å². The van der Waals surface area contributed by atoms with Crippen LogP contribution in [0, 0.1) is 11.8 Å². The molecule has 1 aliphatic carbocycles. The Balaban J connectivity index is 2.78. The number of amidine groups is 1. The van der Waals surface area contributed by atoms with Gasteiger partial charge in [0.1, 0.15) is 11.4 Å². The van der Waals surface area contributed by atoms with Crippen LogP contribution in [0.2, 0.25) is 0 Å². The first-order valence-electron chi connectivity index (χ1n) is 6.94. The molecular formula is C14H28N2O. The minimum atomic E-state index is -0.276. The number of ether oxygens (including phenoxy) is 1. The van der Waals surface area contributed by atoms with Gasteiger partial charge in [-0.3, -0.25) is 4.99 Å². The summed E-state index contributed by atoms with van der Waals surface area (Å²) in [4.78, 5) is 4.54. The van der Waals surface area contributed by atoms with Gasteiger partial charge in [-0.2, -0.15) is 0 Å². The number of hydrogen-bond acceptors (Lipinski definition) is 2. The Morgan fingerprint density at radius 2 is 2.24 bits per heavy atom. The minimum absolute atomic E-state index is 0.276. The zero-order valence-corrected chi connectivity index (χ0v) is 11.8. The summed E-state index contributed by atoms with van der Waals surface area (Å²) >= 11 is 0. The Morgan fingerprint density at radius 3 is 2.76 bits per heavy atom. The molecule has 2 atom stereocenters.